The van der Waals surface area contributed by atoms with Gasteiger partial charge in [-0.05, 0) is 79.6 Å². The monoisotopic (exact) mass is 660 g/mol. The first-order valence-electron chi connectivity index (χ1n) is 16.7. The summed E-state index contributed by atoms with van der Waals surface area (Å²) in [5, 5.41) is 8.70. The van der Waals surface area contributed by atoms with Crippen LogP contribution in [0, 0.1) is 12.8 Å². The van der Waals surface area contributed by atoms with E-state index in [4.69, 9.17) is 4.74 Å². The van der Waals surface area contributed by atoms with Gasteiger partial charge in [0.1, 0.15) is 5.75 Å². The summed E-state index contributed by atoms with van der Waals surface area (Å²) in [7, 11) is 6.85. The van der Waals surface area contributed by atoms with Gasteiger partial charge >= 0.3 is 0 Å². The molecular weight excluding hydrogens is 613 g/mol. The van der Waals surface area contributed by atoms with Gasteiger partial charge in [0.2, 0.25) is 5.91 Å². The Morgan fingerprint density at radius 2 is 1.81 bits per heavy atom. The van der Waals surface area contributed by atoms with Gasteiger partial charge in [0.25, 0.3) is 5.91 Å². The van der Waals surface area contributed by atoms with E-state index in [0.717, 1.165) is 57.7 Å². The van der Waals surface area contributed by atoms with E-state index < -0.39 is 17.1 Å². The average Bonchev–Trinajstić information content (AvgIpc) is 3.51. The van der Waals surface area contributed by atoms with E-state index >= 15 is 0 Å². The van der Waals surface area contributed by atoms with Crippen molar-refractivity contribution >= 4 is 33.9 Å². The van der Waals surface area contributed by atoms with Crippen molar-refractivity contribution in [2.24, 2.45) is 13.0 Å². The largest absolute Gasteiger partial charge is 0.497 e. The number of nitrogens with one attached hydrogen (secondary N) is 2. The molecule has 47 heavy (non-hydrogen) atoms. The lowest BCUT2D eigenvalue weighted by molar-refractivity contribution is -0.125. The highest BCUT2D eigenvalue weighted by Gasteiger charge is 2.33. The summed E-state index contributed by atoms with van der Waals surface area (Å²) in [6.07, 6.45) is 6.37. The zero-order valence-corrected chi connectivity index (χ0v) is 29.5. The van der Waals surface area contributed by atoms with Crippen LogP contribution in [0.1, 0.15) is 84.7 Å². The molecule has 3 heterocycles. The Labute approximate surface area is 280 Å². The van der Waals surface area contributed by atoms with E-state index in [0.29, 0.717) is 31.0 Å². The maximum atomic E-state index is 13.9. The molecule has 1 fully saturated rings. The number of hydrogen-bond acceptors (Lipinski definition) is 5. The number of methoxy groups -OCH3 is 1. The lowest BCUT2D eigenvalue weighted by Crippen LogP contribution is -2.34. The predicted octanol–water partition coefficient (Wildman–Crippen LogP) is 5.79. The maximum Gasteiger partial charge on any atom is 0.264 e. The summed E-state index contributed by atoms with van der Waals surface area (Å²) in [5.41, 5.74) is 7.79. The number of aromatic nitrogens is 3. The second-order valence-corrected chi connectivity index (χ2v) is 13.9. The molecule has 2 aromatic carbocycles. The first-order chi connectivity index (χ1) is 22.6. The van der Waals surface area contributed by atoms with Gasteiger partial charge in [-0.2, -0.15) is 5.10 Å². The Kier molecular flexibility index (Phi) is 10.9. The molecule has 1 aliphatic heterocycles. The number of amides is 2. The number of benzene rings is 2. The van der Waals surface area contributed by atoms with E-state index in [2.05, 4.69) is 31.8 Å². The van der Waals surface area contributed by atoms with Crippen LogP contribution >= 0.6 is 0 Å². The minimum atomic E-state index is -1.65. The highest BCUT2D eigenvalue weighted by molar-refractivity contribution is 7.81. The Morgan fingerprint density at radius 3 is 2.47 bits per heavy atom. The van der Waals surface area contributed by atoms with E-state index in [1.807, 2.05) is 58.2 Å². The van der Waals surface area contributed by atoms with Gasteiger partial charge in [-0.1, -0.05) is 39.2 Å². The smallest absolute Gasteiger partial charge is 0.264 e. The van der Waals surface area contributed by atoms with E-state index in [9.17, 15) is 13.8 Å². The van der Waals surface area contributed by atoms with Gasteiger partial charge in [-0.25, -0.2) is 8.51 Å². The van der Waals surface area contributed by atoms with Crippen LogP contribution in [0.2, 0.25) is 0 Å². The standard InChI is InChI=1S/C34H42N6O4S.C2H6/c1-21-15-26(39(4)36-21)19-35-33(41)25-16-24-17-27(44-5)12-14-28(24)32-31(22-9-7-6-8-10-22)29-13-11-23(18-30(29)40(32)20-25)34(42)37-45(43)38(2)3;1-2/h11-15,17-18,22,25H,6-10,16,19-20H2,1-5H3,(H,35,41)(H,37,42);1-2H3. The average molecular weight is 661 g/mol. The zero-order chi connectivity index (χ0) is 33.8. The number of rotatable bonds is 8. The summed E-state index contributed by atoms with van der Waals surface area (Å²) in [6, 6.07) is 13.9. The normalized spacial score (nSPS) is 16.8. The van der Waals surface area contributed by atoms with Crippen molar-refractivity contribution in [2.45, 2.75) is 78.3 Å². The molecule has 6 rings (SSSR count). The number of ether oxygens (including phenoxy) is 1. The fraction of sp³-hybridized carbons (Fsp3) is 0.472. The van der Waals surface area contributed by atoms with Crippen molar-refractivity contribution in [3.8, 4) is 17.0 Å². The highest BCUT2D eigenvalue weighted by atomic mass is 32.2. The molecule has 0 radical (unpaired) electrons. The number of aryl methyl sites for hydroxylation is 2. The lowest BCUT2D eigenvalue weighted by atomic mass is 9.81. The van der Waals surface area contributed by atoms with E-state index in [1.165, 1.54) is 29.1 Å². The quantitative estimate of drug-likeness (QED) is 0.249. The van der Waals surface area contributed by atoms with Crippen molar-refractivity contribution in [1.29, 1.82) is 0 Å². The fourth-order valence-corrected chi connectivity index (χ4v) is 7.47. The molecule has 11 heteroatoms. The first kappa shape index (κ1) is 34.4. The van der Waals surface area contributed by atoms with Gasteiger partial charge < -0.3 is 14.6 Å². The highest BCUT2D eigenvalue weighted by Crippen LogP contribution is 2.47. The van der Waals surface area contributed by atoms with Crippen LogP contribution in [0.15, 0.2) is 42.5 Å². The van der Waals surface area contributed by atoms with Crippen molar-refractivity contribution in [3.63, 3.8) is 0 Å². The molecule has 2 atom stereocenters. The summed E-state index contributed by atoms with van der Waals surface area (Å²) < 4.78 is 26.1. The lowest BCUT2D eigenvalue weighted by Gasteiger charge is -2.24. The first-order valence-corrected chi connectivity index (χ1v) is 17.8. The maximum absolute atomic E-state index is 13.9. The predicted molar refractivity (Wildman–Crippen MR) is 187 cm³/mol. The number of fused-ring (bicyclic) bond motifs is 5. The fourth-order valence-electron chi connectivity index (χ4n) is 7.01. The summed E-state index contributed by atoms with van der Waals surface area (Å²) in [6.45, 7) is 6.79. The molecule has 2 N–H and O–H groups in total. The summed E-state index contributed by atoms with van der Waals surface area (Å²) in [5.74, 6) is 0.340. The van der Waals surface area contributed by atoms with Crippen molar-refractivity contribution in [3.05, 3.63) is 70.5 Å². The van der Waals surface area contributed by atoms with Crippen LogP contribution in [0.5, 0.6) is 5.75 Å². The second kappa shape index (κ2) is 14.9. The third kappa shape index (κ3) is 7.16. The van der Waals surface area contributed by atoms with Crippen LogP contribution in [0.25, 0.3) is 22.2 Å². The molecule has 1 saturated carbocycles. The van der Waals surface area contributed by atoms with Crippen molar-refractivity contribution in [2.75, 3.05) is 21.2 Å². The number of carbonyl (C=O) groups excluding carboxylic acids is 2. The molecule has 252 valence electrons. The second-order valence-electron chi connectivity index (χ2n) is 12.5. The van der Waals surface area contributed by atoms with Gasteiger partial charge in [0.05, 0.1) is 36.7 Å². The number of hydrogen-bond donors (Lipinski definition) is 2. The van der Waals surface area contributed by atoms with Crippen molar-refractivity contribution in [1.82, 2.24) is 28.7 Å². The molecule has 2 aliphatic rings. The Bertz CT molecular complexity index is 1790. The summed E-state index contributed by atoms with van der Waals surface area (Å²) in [4.78, 5) is 27.1. The van der Waals surface area contributed by atoms with Crippen LogP contribution < -0.4 is 14.8 Å². The topological polar surface area (TPSA) is 110 Å². The third-order valence-corrected chi connectivity index (χ3v) is 10.3. The van der Waals surface area contributed by atoms with Crippen molar-refractivity contribution < 1.29 is 18.5 Å². The Morgan fingerprint density at radius 1 is 1.06 bits per heavy atom. The molecule has 0 bridgehead atoms. The molecule has 4 aromatic rings. The molecule has 0 saturated heterocycles. The molecule has 1 aliphatic carbocycles. The Hall–Kier alpha value is -3.96. The molecular formula is C36H48N6O4S. The van der Waals surface area contributed by atoms with E-state index in [1.54, 1.807) is 25.9 Å². The van der Waals surface area contributed by atoms with Gasteiger partial charge in [-0.15, -0.1) is 0 Å². The number of carbonyl (C=O) groups is 2. The number of nitrogens with zero attached hydrogens (tertiary/aromatic N) is 4. The van der Waals surface area contributed by atoms with Gasteiger partial charge in [-0.3, -0.25) is 19.0 Å². The van der Waals surface area contributed by atoms with Gasteiger partial charge in [0, 0.05) is 49.7 Å². The SMILES string of the molecule is CC.COc1ccc2c(c1)CC(C(=O)NCc1cc(C)nn1C)Cn1c-2c(C2CCCCC2)c2ccc(C(=O)NS(=O)N(C)C)cc21. The Balaban J connectivity index is 0.00000213. The van der Waals surface area contributed by atoms with E-state index in [-0.39, 0.29) is 11.8 Å². The summed E-state index contributed by atoms with van der Waals surface area (Å²) >= 11 is -1.65. The third-order valence-electron chi connectivity index (χ3n) is 9.24. The van der Waals surface area contributed by atoms with Gasteiger partial charge in [0.15, 0.2) is 11.2 Å². The van der Waals surface area contributed by atoms with Crippen LogP contribution in [0.3, 0.4) is 0 Å². The minimum Gasteiger partial charge on any atom is -0.497 e. The zero-order valence-electron chi connectivity index (χ0n) is 28.7. The van der Waals surface area contributed by atoms with Crippen LogP contribution in [-0.2, 0) is 42.5 Å². The van der Waals surface area contributed by atoms with Crippen LogP contribution in [-0.4, -0.2) is 55.9 Å². The molecule has 10 nitrogen and oxygen atoms in total. The minimum absolute atomic E-state index is 0.0354. The van der Waals surface area contributed by atoms with Crippen LogP contribution in [0.4, 0.5) is 0 Å². The molecule has 2 amide bonds. The molecule has 2 aromatic heterocycles. The molecule has 2 unspecified atom stereocenters. The molecule has 0 spiro atoms.